The summed E-state index contributed by atoms with van der Waals surface area (Å²) in [7, 11) is 0. The van der Waals surface area contributed by atoms with Crippen LogP contribution in [0.5, 0.6) is 11.5 Å². The fourth-order valence-electron chi connectivity index (χ4n) is 2.93. The van der Waals surface area contributed by atoms with Gasteiger partial charge in [-0.2, -0.15) is 0 Å². The highest BCUT2D eigenvalue weighted by molar-refractivity contribution is 7.11. The maximum Gasteiger partial charge on any atom is 0.229 e. The Kier molecular flexibility index (Phi) is 5.22. The summed E-state index contributed by atoms with van der Waals surface area (Å²) in [5, 5.41) is 30.3. The SMILES string of the molecule is O=C(Cc1ccc(O)cc1)NC1=C(c2cccs2)NC(c2ccc(O)cc2)=CN1. The largest absolute Gasteiger partial charge is 0.508 e. The number of aromatic hydroxyl groups is 2. The molecule has 0 radical (unpaired) electrons. The number of phenolic OH excluding ortho intramolecular Hbond substituents is 2. The van der Waals surface area contributed by atoms with Crippen LogP contribution in [0.4, 0.5) is 0 Å². The van der Waals surface area contributed by atoms with Gasteiger partial charge in [0, 0.05) is 6.20 Å². The molecule has 1 aliphatic rings. The van der Waals surface area contributed by atoms with E-state index in [2.05, 4.69) is 16.0 Å². The average Bonchev–Trinajstić information content (AvgIpc) is 3.25. The van der Waals surface area contributed by atoms with Crippen molar-refractivity contribution in [2.45, 2.75) is 6.42 Å². The van der Waals surface area contributed by atoms with E-state index in [4.69, 9.17) is 0 Å². The quantitative estimate of drug-likeness (QED) is 0.449. The highest BCUT2D eigenvalue weighted by Crippen LogP contribution is 2.26. The molecule has 5 N–H and O–H groups in total. The number of hydrogen-bond donors (Lipinski definition) is 5. The van der Waals surface area contributed by atoms with Crippen molar-refractivity contribution in [3.05, 3.63) is 94.1 Å². The van der Waals surface area contributed by atoms with Gasteiger partial charge in [-0.3, -0.25) is 4.79 Å². The Morgan fingerprint density at radius 3 is 2.31 bits per heavy atom. The van der Waals surface area contributed by atoms with E-state index in [0.717, 1.165) is 27.4 Å². The lowest BCUT2D eigenvalue weighted by Gasteiger charge is -2.24. The molecule has 0 bridgehead atoms. The summed E-state index contributed by atoms with van der Waals surface area (Å²) in [4.78, 5) is 13.5. The van der Waals surface area contributed by atoms with Gasteiger partial charge in [0.1, 0.15) is 17.3 Å². The summed E-state index contributed by atoms with van der Waals surface area (Å²) >= 11 is 1.56. The van der Waals surface area contributed by atoms with Crippen LogP contribution >= 0.6 is 11.3 Å². The lowest BCUT2D eigenvalue weighted by atomic mass is 10.1. The Labute approximate surface area is 171 Å². The minimum atomic E-state index is -0.171. The summed E-state index contributed by atoms with van der Waals surface area (Å²) in [5.74, 6) is 0.769. The van der Waals surface area contributed by atoms with E-state index in [-0.39, 0.29) is 23.8 Å². The van der Waals surface area contributed by atoms with Gasteiger partial charge in [-0.15, -0.1) is 11.3 Å². The molecular formula is C22H19N3O3S. The Bertz CT molecular complexity index is 1070. The van der Waals surface area contributed by atoms with Crippen LogP contribution in [0.1, 0.15) is 16.0 Å². The first-order valence-corrected chi connectivity index (χ1v) is 9.85. The second-order valence-corrected chi connectivity index (χ2v) is 7.44. The van der Waals surface area contributed by atoms with E-state index in [9.17, 15) is 15.0 Å². The van der Waals surface area contributed by atoms with Crippen LogP contribution in [0.25, 0.3) is 11.4 Å². The molecule has 2 heterocycles. The van der Waals surface area contributed by atoms with Crippen LogP contribution in [0, 0.1) is 0 Å². The monoisotopic (exact) mass is 405 g/mol. The summed E-state index contributed by atoms with van der Waals surface area (Å²) in [6, 6.07) is 17.4. The summed E-state index contributed by atoms with van der Waals surface area (Å²) in [5.41, 5.74) is 3.30. The molecule has 6 nitrogen and oxygen atoms in total. The van der Waals surface area contributed by atoms with Crippen molar-refractivity contribution in [2.75, 3.05) is 0 Å². The summed E-state index contributed by atoms with van der Waals surface area (Å²) < 4.78 is 0. The second-order valence-electron chi connectivity index (χ2n) is 6.49. The first kappa shape index (κ1) is 18.6. The van der Waals surface area contributed by atoms with Crippen LogP contribution in [0.2, 0.25) is 0 Å². The maximum atomic E-state index is 12.5. The van der Waals surface area contributed by atoms with Crippen molar-refractivity contribution in [3.63, 3.8) is 0 Å². The van der Waals surface area contributed by atoms with Gasteiger partial charge in [0.05, 0.1) is 22.7 Å². The third kappa shape index (κ3) is 4.41. The number of amides is 1. The molecule has 1 amide bonds. The van der Waals surface area contributed by atoms with E-state index in [0.29, 0.717) is 5.82 Å². The highest BCUT2D eigenvalue weighted by Gasteiger charge is 2.19. The van der Waals surface area contributed by atoms with Crippen molar-refractivity contribution < 1.29 is 15.0 Å². The summed E-state index contributed by atoms with van der Waals surface area (Å²) in [6.45, 7) is 0. The lowest BCUT2D eigenvalue weighted by molar-refractivity contribution is -0.119. The molecule has 7 heteroatoms. The molecule has 29 heavy (non-hydrogen) atoms. The lowest BCUT2D eigenvalue weighted by Crippen LogP contribution is -2.36. The first-order chi connectivity index (χ1) is 14.1. The van der Waals surface area contributed by atoms with E-state index < -0.39 is 0 Å². The van der Waals surface area contributed by atoms with Gasteiger partial charge in [0.25, 0.3) is 0 Å². The van der Waals surface area contributed by atoms with E-state index in [1.54, 1.807) is 53.9 Å². The zero-order valence-corrected chi connectivity index (χ0v) is 16.2. The molecule has 0 aliphatic carbocycles. The standard InChI is InChI=1S/C22H19N3O3S/c26-16-7-3-14(4-8-16)12-20(28)25-22-21(19-2-1-11-29-19)24-18(13-23-22)15-5-9-17(27)10-6-15/h1-11,13,23-24,26-27H,12H2,(H,25,28). The third-order valence-corrected chi connectivity index (χ3v) is 5.27. The molecule has 0 atom stereocenters. The number of benzene rings is 2. The molecule has 1 aliphatic heterocycles. The molecule has 146 valence electrons. The minimum absolute atomic E-state index is 0.168. The number of rotatable bonds is 5. The van der Waals surface area contributed by atoms with Gasteiger partial charge in [0.2, 0.25) is 5.91 Å². The third-order valence-electron chi connectivity index (χ3n) is 4.38. The molecule has 0 spiro atoms. The average molecular weight is 405 g/mol. The zero-order chi connectivity index (χ0) is 20.2. The number of hydrogen-bond acceptors (Lipinski definition) is 6. The van der Waals surface area contributed by atoms with Gasteiger partial charge >= 0.3 is 0 Å². The Balaban J connectivity index is 1.55. The molecule has 3 aromatic rings. The number of thiophene rings is 1. The van der Waals surface area contributed by atoms with Gasteiger partial charge in [-0.05, 0) is 59.0 Å². The van der Waals surface area contributed by atoms with Crippen molar-refractivity contribution in [1.29, 1.82) is 0 Å². The van der Waals surface area contributed by atoms with Crippen LogP contribution in [-0.4, -0.2) is 16.1 Å². The van der Waals surface area contributed by atoms with Crippen molar-refractivity contribution in [1.82, 2.24) is 16.0 Å². The minimum Gasteiger partial charge on any atom is -0.508 e. The Morgan fingerprint density at radius 1 is 0.966 bits per heavy atom. The predicted octanol–water partition coefficient (Wildman–Crippen LogP) is 3.34. The van der Waals surface area contributed by atoms with E-state index in [1.165, 1.54) is 0 Å². The molecule has 4 rings (SSSR count). The first-order valence-electron chi connectivity index (χ1n) is 8.97. The molecule has 2 aromatic carbocycles. The van der Waals surface area contributed by atoms with E-state index >= 15 is 0 Å². The number of carbonyl (C=O) groups excluding carboxylic acids is 1. The van der Waals surface area contributed by atoms with Crippen LogP contribution in [0.3, 0.4) is 0 Å². The Hall–Kier alpha value is -3.71. The normalized spacial score (nSPS) is 13.3. The van der Waals surface area contributed by atoms with Crippen molar-refractivity contribution in [3.8, 4) is 11.5 Å². The van der Waals surface area contributed by atoms with E-state index in [1.807, 2.05) is 29.6 Å². The topological polar surface area (TPSA) is 93.6 Å². The number of phenols is 2. The Morgan fingerprint density at radius 2 is 1.66 bits per heavy atom. The maximum absolute atomic E-state index is 12.5. The molecule has 1 aromatic heterocycles. The van der Waals surface area contributed by atoms with Gasteiger partial charge < -0.3 is 26.2 Å². The molecule has 0 unspecified atom stereocenters. The van der Waals surface area contributed by atoms with Crippen molar-refractivity contribution in [2.24, 2.45) is 0 Å². The zero-order valence-electron chi connectivity index (χ0n) is 15.3. The van der Waals surface area contributed by atoms with Gasteiger partial charge in [-0.25, -0.2) is 0 Å². The van der Waals surface area contributed by atoms with Crippen LogP contribution < -0.4 is 16.0 Å². The predicted molar refractivity (Wildman–Crippen MR) is 114 cm³/mol. The highest BCUT2D eigenvalue weighted by atomic mass is 32.1. The number of nitrogens with one attached hydrogen (secondary N) is 3. The molecule has 0 saturated heterocycles. The second kappa shape index (κ2) is 8.12. The van der Waals surface area contributed by atoms with Gasteiger partial charge in [-0.1, -0.05) is 18.2 Å². The smallest absolute Gasteiger partial charge is 0.229 e. The molecule has 0 saturated carbocycles. The van der Waals surface area contributed by atoms with Gasteiger partial charge in [0.15, 0.2) is 0 Å². The fourth-order valence-corrected chi connectivity index (χ4v) is 3.67. The fraction of sp³-hybridized carbons (Fsp3) is 0.0455. The summed E-state index contributed by atoms with van der Waals surface area (Å²) in [6.07, 6.45) is 1.97. The van der Waals surface area contributed by atoms with Crippen molar-refractivity contribution >= 4 is 28.6 Å². The van der Waals surface area contributed by atoms with Crippen LogP contribution in [-0.2, 0) is 11.2 Å². The number of carbonyl (C=O) groups is 1. The molecular weight excluding hydrogens is 386 g/mol. The molecule has 0 fully saturated rings. The van der Waals surface area contributed by atoms with Crippen LogP contribution in [0.15, 0.2) is 78.1 Å².